The molecule has 0 radical (unpaired) electrons. The Hall–Kier alpha value is -5.57. The minimum Gasteiger partial charge on any atom is -0.508 e. The Bertz CT molecular complexity index is 2540. The minimum absolute atomic E-state index is 0.0289. The maximum atomic E-state index is 18.1. The molecule has 3 saturated heterocycles. The van der Waals surface area contributed by atoms with Crippen LogP contribution in [0.2, 0.25) is 0 Å². The lowest BCUT2D eigenvalue weighted by atomic mass is 9.79. The number of carbonyl (C=O) groups excluding carboxylic acids is 1. The first-order valence-electron chi connectivity index (χ1n) is 18.7. The van der Waals surface area contributed by atoms with E-state index in [1.165, 1.54) is 0 Å². The van der Waals surface area contributed by atoms with Gasteiger partial charge in [-0.15, -0.1) is 0 Å². The van der Waals surface area contributed by atoms with Crippen molar-refractivity contribution in [1.29, 1.82) is 5.26 Å². The number of anilines is 1. The maximum absolute atomic E-state index is 18.1. The molecule has 2 N–H and O–H groups in total. The van der Waals surface area contributed by atoms with Crippen molar-refractivity contribution in [2.45, 2.75) is 43.8 Å². The van der Waals surface area contributed by atoms with Gasteiger partial charge >= 0.3 is 0 Å². The first kappa shape index (κ1) is 34.2. The summed E-state index contributed by atoms with van der Waals surface area (Å²) < 4.78 is 20.4. The van der Waals surface area contributed by atoms with Crippen LogP contribution in [0.15, 0.2) is 66.7 Å². The van der Waals surface area contributed by atoms with Gasteiger partial charge < -0.3 is 29.7 Å². The van der Waals surface area contributed by atoms with E-state index in [-0.39, 0.29) is 35.7 Å². The molecular weight excluding hydrogens is 680 g/mol. The molecule has 54 heavy (non-hydrogen) atoms. The van der Waals surface area contributed by atoms with E-state index in [1.807, 2.05) is 55.5 Å². The van der Waals surface area contributed by atoms with Crippen molar-refractivity contribution in [3.05, 3.63) is 95.1 Å². The highest BCUT2D eigenvalue weighted by Gasteiger charge is 2.50. The van der Waals surface area contributed by atoms with Crippen LogP contribution < -0.4 is 10.2 Å². The highest BCUT2D eigenvalue weighted by atomic mass is 19.1. The quantitative estimate of drug-likeness (QED) is 0.192. The number of phenols is 1. The summed E-state index contributed by atoms with van der Waals surface area (Å²) >= 11 is 0. The molecule has 5 heterocycles. The second-order valence-corrected chi connectivity index (χ2v) is 15.7. The van der Waals surface area contributed by atoms with Crippen LogP contribution in [-0.2, 0) is 11.2 Å². The number of phenolic OH excluding ortho intramolecular Hbond substituents is 1. The van der Waals surface area contributed by atoms with Crippen molar-refractivity contribution in [3.8, 4) is 22.9 Å². The Labute approximate surface area is 313 Å². The number of nitriles is 1. The predicted octanol–water partition coefficient (Wildman–Crippen LogP) is 6.19. The zero-order chi connectivity index (χ0) is 37.6. The fraction of sp³-hybridized carbons (Fsp3) is 0.349. The molecule has 6 aromatic rings. The zero-order valence-corrected chi connectivity index (χ0v) is 31.1. The first-order chi connectivity index (χ1) is 26.0. The van der Waals surface area contributed by atoms with Gasteiger partial charge in [0.1, 0.15) is 22.6 Å². The number of halogens is 1. The largest absolute Gasteiger partial charge is 0.508 e. The van der Waals surface area contributed by atoms with Crippen molar-refractivity contribution in [1.82, 2.24) is 29.7 Å². The third-order valence-electron chi connectivity index (χ3n) is 12.1. The van der Waals surface area contributed by atoms with Gasteiger partial charge in [-0.1, -0.05) is 42.5 Å². The molecule has 10 rings (SSSR count). The van der Waals surface area contributed by atoms with Gasteiger partial charge in [-0.25, -0.2) is 14.4 Å². The van der Waals surface area contributed by atoms with Gasteiger partial charge in [0.05, 0.1) is 29.1 Å². The molecule has 3 aliphatic heterocycles. The van der Waals surface area contributed by atoms with E-state index < -0.39 is 11.7 Å². The number of fused-ring (bicyclic) bond motifs is 5. The SMILES string of the molecule is CC(C(=O)N(C)C)c1nc2c(N3CC(N(C)C)C3)nc3c(F)c(-c4cc(O)cc5ccccc45)c(Cc4ccccc4C#N)cc3c2n1C1C2CNC1C2. The van der Waals surface area contributed by atoms with E-state index in [4.69, 9.17) is 9.97 Å². The number of carbonyl (C=O) groups is 1. The standard InChI is InChI=1S/C43H43FN8O2/c1-23(43(54)50(4)5)41-48-38-40(52(41)39-28-17-34(39)46-20-28)33-16-27(14-24-10-6-7-12-26(24)19-45)35(32-18-30(53)15-25-11-8-9-13-31(25)32)36(44)37(33)47-42(38)51-21-29(22-51)49(2)3/h6-13,15-16,18,23,28-29,34,39,46,53H,14,17,20-22H2,1-5H3. The third kappa shape index (κ3) is 5.22. The number of nitrogens with one attached hydrogen (secondary N) is 1. The topological polar surface area (TPSA) is 114 Å². The second kappa shape index (κ2) is 12.8. The molecule has 11 heteroatoms. The van der Waals surface area contributed by atoms with Crippen LogP contribution in [0.3, 0.4) is 0 Å². The average molecular weight is 723 g/mol. The summed E-state index contributed by atoms with van der Waals surface area (Å²) in [6.07, 6.45) is 1.30. The summed E-state index contributed by atoms with van der Waals surface area (Å²) in [5.74, 6) is 0.542. The molecular formula is C43H43FN8O2. The van der Waals surface area contributed by atoms with Crippen LogP contribution >= 0.6 is 0 Å². The Balaban J connectivity index is 1.40. The van der Waals surface area contributed by atoms with E-state index >= 15 is 4.39 Å². The lowest BCUT2D eigenvalue weighted by Gasteiger charge is -2.43. The molecule has 2 bridgehead atoms. The monoisotopic (exact) mass is 722 g/mol. The summed E-state index contributed by atoms with van der Waals surface area (Å²) in [4.78, 5) is 30.1. The third-order valence-corrected chi connectivity index (χ3v) is 12.1. The van der Waals surface area contributed by atoms with E-state index in [9.17, 15) is 15.2 Å². The molecule has 10 nitrogen and oxygen atoms in total. The van der Waals surface area contributed by atoms with Crippen LogP contribution in [0.25, 0.3) is 43.8 Å². The molecule has 4 atom stereocenters. The van der Waals surface area contributed by atoms with Gasteiger partial charge in [0, 0.05) is 56.8 Å². The van der Waals surface area contributed by atoms with Gasteiger partial charge in [-0.3, -0.25) is 4.79 Å². The van der Waals surface area contributed by atoms with Crippen molar-refractivity contribution < 1.29 is 14.3 Å². The number of pyridine rings is 1. The van der Waals surface area contributed by atoms with Crippen LogP contribution in [0, 0.1) is 23.1 Å². The second-order valence-electron chi connectivity index (χ2n) is 15.7. The molecule has 4 aliphatic rings. The van der Waals surface area contributed by atoms with Crippen LogP contribution in [0.4, 0.5) is 10.2 Å². The van der Waals surface area contributed by atoms with E-state index in [0.29, 0.717) is 69.8 Å². The van der Waals surface area contributed by atoms with Gasteiger partial charge in [-0.05, 0) is 91.5 Å². The lowest BCUT2D eigenvalue weighted by Crippen LogP contribution is -2.57. The maximum Gasteiger partial charge on any atom is 0.232 e. The molecule has 4 unspecified atom stereocenters. The van der Waals surface area contributed by atoms with Gasteiger partial charge in [-0.2, -0.15) is 5.26 Å². The number of rotatable bonds is 8. The Morgan fingerprint density at radius 2 is 1.78 bits per heavy atom. The number of aromatic hydroxyl groups is 1. The molecule has 2 aromatic heterocycles. The van der Waals surface area contributed by atoms with Crippen molar-refractivity contribution in [2.75, 3.05) is 52.7 Å². The minimum atomic E-state index is -0.550. The van der Waals surface area contributed by atoms with Gasteiger partial charge in [0.15, 0.2) is 11.6 Å². The predicted molar refractivity (Wildman–Crippen MR) is 209 cm³/mol. The molecule has 1 amide bonds. The molecule has 274 valence electrons. The summed E-state index contributed by atoms with van der Waals surface area (Å²) in [6.45, 7) is 4.20. The van der Waals surface area contributed by atoms with Crippen molar-refractivity contribution in [2.24, 2.45) is 5.92 Å². The molecule has 4 fully saturated rings. The highest BCUT2D eigenvalue weighted by Crippen LogP contribution is 2.50. The number of benzene rings is 4. The summed E-state index contributed by atoms with van der Waals surface area (Å²) in [5.41, 5.74) is 4.48. The van der Waals surface area contributed by atoms with E-state index in [0.717, 1.165) is 34.8 Å². The van der Waals surface area contributed by atoms with Crippen LogP contribution in [0.5, 0.6) is 5.75 Å². The fourth-order valence-electron chi connectivity index (χ4n) is 9.04. The first-order valence-corrected chi connectivity index (χ1v) is 18.7. The number of amides is 1. The van der Waals surface area contributed by atoms with Crippen molar-refractivity contribution >= 4 is 44.4 Å². The average Bonchev–Trinajstić information content (AvgIpc) is 3.87. The molecule has 0 spiro atoms. The number of aromatic nitrogens is 3. The Morgan fingerprint density at radius 1 is 1.02 bits per heavy atom. The number of nitrogens with zero attached hydrogens (tertiary/aromatic N) is 7. The lowest BCUT2D eigenvalue weighted by molar-refractivity contribution is -0.130. The molecule has 4 aromatic carbocycles. The van der Waals surface area contributed by atoms with Crippen molar-refractivity contribution in [3.63, 3.8) is 0 Å². The Morgan fingerprint density at radius 3 is 2.48 bits per heavy atom. The molecule has 1 aliphatic carbocycles. The number of hydrogen-bond acceptors (Lipinski definition) is 8. The van der Waals surface area contributed by atoms with E-state index in [2.05, 4.69) is 39.8 Å². The fourth-order valence-corrected chi connectivity index (χ4v) is 9.04. The van der Waals surface area contributed by atoms with Gasteiger partial charge in [0.2, 0.25) is 5.91 Å². The Kier molecular flexibility index (Phi) is 8.10. The van der Waals surface area contributed by atoms with E-state index in [1.54, 1.807) is 37.2 Å². The highest BCUT2D eigenvalue weighted by molar-refractivity contribution is 6.10. The van der Waals surface area contributed by atoms with Gasteiger partial charge in [0.25, 0.3) is 0 Å². The van der Waals surface area contributed by atoms with Crippen LogP contribution in [-0.4, -0.2) is 95.3 Å². The summed E-state index contributed by atoms with van der Waals surface area (Å²) in [7, 11) is 7.64. The zero-order valence-electron chi connectivity index (χ0n) is 31.1. The number of imidazole rings is 1. The number of hydrogen-bond donors (Lipinski definition) is 2. The number of likely N-dealkylation sites (N-methyl/N-ethyl adjacent to an activating group) is 2. The van der Waals surface area contributed by atoms with Crippen LogP contribution in [0.1, 0.15) is 47.8 Å². The smallest absolute Gasteiger partial charge is 0.232 e. The summed E-state index contributed by atoms with van der Waals surface area (Å²) in [5, 5.41) is 26.9. The summed E-state index contributed by atoms with van der Waals surface area (Å²) in [6, 6.07) is 23.3. The molecule has 1 saturated carbocycles. The normalized spacial score (nSPS) is 20.0.